The highest BCUT2D eigenvalue weighted by atomic mass is 32.1. The van der Waals surface area contributed by atoms with Crippen molar-refractivity contribution in [3.8, 4) is 0 Å². The number of nitrogens with two attached hydrogens (primary N) is 1. The maximum Gasteiger partial charge on any atom is 0.102 e. The number of hydrogen-bond donors (Lipinski definition) is 2. The van der Waals surface area contributed by atoms with E-state index in [1.807, 2.05) is 24.3 Å². The number of hydrogen-bond acceptors (Lipinski definition) is 4. The fourth-order valence-electron chi connectivity index (χ4n) is 1.98. The SMILES string of the molecule is Cc1cc2c(s1)Nc1ccccc1N=C2CN. The molecule has 0 saturated carbocycles. The maximum absolute atomic E-state index is 5.80. The monoisotopic (exact) mass is 243 g/mol. The molecule has 4 heteroatoms. The molecule has 1 aromatic heterocycles. The Morgan fingerprint density at radius 2 is 2.18 bits per heavy atom. The number of nitrogens with zero attached hydrogens (tertiary/aromatic N) is 1. The zero-order valence-corrected chi connectivity index (χ0v) is 10.3. The van der Waals surface area contributed by atoms with Gasteiger partial charge in [0.25, 0.3) is 0 Å². The molecular weight excluding hydrogens is 230 g/mol. The Kier molecular flexibility index (Phi) is 2.46. The van der Waals surface area contributed by atoms with Crippen molar-refractivity contribution in [1.82, 2.24) is 0 Å². The van der Waals surface area contributed by atoms with E-state index < -0.39 is 0 Å². The highest BCUT2D eigenvalue weighted by Crippen LogP contribution is 2.38. The van der Waals surface area contributed by atoms with Gasteiger partial charge in [-0.25, -0.2) is 4.99 Å². The van der Waals surface area contributed by atoms with Crippen LogP contribution in [0.15, 0.2) is 35.3 Å². The first-order valence-corrected chi connectivity index (χ1v) is 6.34. The number of aryl methyl sites for hydroxylation is 1. The van der Waals surface area contributed by atoms with Crippen molar-refractivity contribution in [2.75, 3.05) is 11.9 Å². The van der Waals surface area contributed by atoms with Crippen molar-refractivity contribution < 1.29 is 0 Å². The van der Waals surface area contributed by atoms with E-state index in [1.54, 1.807) is 11.3 Å². The first kappa shape index (κ1) is 10.5. The van der Waals surface area contributed by atoms with E-state index in [1.165, 1.54) is 4.88 Å². The number of anilines is 2. The smallest absolute Gasteiger partial charge is 0.102 e. The zero-order chi connectivity index (χ0) is 11.8. The summed E-state index contributed by atoms with van der Waals surface area (Å²) in [6.07, 6.45) is 0. The summed E-state index contributed by atoms with van der Waals surface area (Å²) in [7, 11) is 0. The number of benzene rings is 1. The van der Waals surface area contributed by atoms with Crippen LogP contribution in [0, 0.1) is 6.92 Å². The second-order valence-electron chi connectivity index (χ2n) is 4.00. The summed E-state index contributed by atoms with van der Waals surface area (Å²) >= 11 is 1.74. The molecular formula is C13H13N3S. The Labute approximate surface area is 104 Å². The van der Waals surface area contributed by atoms with Gasteiger partial charge >= 0.3 is 0 Å². The maximum atomic E-state index is 5.80. The normalized spacial score (nSPS) is 13.2. The summed E-state index contributed by atoms with van der Waals surface area (Å²) in [5.74, 6) is 0. The van der Waals surface area contributed by atoms with Crippen molar-refractivity contribution in [2.24, 2.45) is 10.7 Å². The Morgan fingerprint density at radius 1 is 1.35 bits per heavy atom. The van der Waals surface area contributed by atoms with Crippen LogP contribution in [-0.4, -0.2) is 12.3 Å². The summed E-state index contributed by atoms with van der Waals surface area (Å²) in [5.41, 5.74) is 9.87. The molecule has 0 radical (unpaired) electrons. The quantitative estimate of drug-likeness (QED) is 0.808. The van der Waals surface area contributed by atoms with Crippen LogP contribution in [0.25, 0.3) is 0 Å². The number of para-hydroxylation sites is 2. The van der Waals surface area contributed by atoms with Gasteiger partial charge in [0.15, 0.2) is 0 Å². The zero-order valence-electron chi connectivity index (χ0n) is 9.53. The van der Waals surface area contributed by atoms with Crippen LogP contribution in [0.2, 0.25) is 0 Å². The van der Waals surface area contributed by atoms with Gasteiger partial charge in [-0.3, -0.25) is 0 Å². The Bertz CT molecular complexity index is 598. The minimum absolute atomic E-state index is 0.458. The van der Waals surface area contributed by atoms with Crippen LogP contribution in [-0.2, 0) is 0 Å². The molecule has 0 aliphatic carbocycles. The van der Waals surface area contributed by atoms with Gasteiger partial charge in [0.2, 0.25) is 0 Å². The molecule has 0 atom stereocenters. The van der Waals surface area contributed by atoms with E-state index in [4.69, 9.17) is 5.73 Å². The molecule has 0 bridgehead atoms. The lowest BCUT2D eigenvalue weighted by atomic mass is 10.2. The van der Waals surface area contributed by atoms with Crippen molar-refractivity contribution in [3.63, 3.8) is 0 Å². The molecule has 0 amide bonds. The molecule has 2 aromatic rings. The summed E-state index contributed by atoms with van der Waals surface area (Å²) in [6, 6.07) is 10.2. The van der Waals surface area contributed by atoms with Gasteiger partial charge in [-0.05, 0) is 25.1 Å². The first-order chi connectivity index (χ1) is 8.28. The van der Waals surface area contributed by atoms with Crippen LogP contribution in [0.3, 0.4) is 0 Å². The molecule has 0 spiro atoms. The van der Waals surface area contributed by atoms with Crippen molar-refractivity contribution >= 4 is 33.4 Å². The first-order valence-electron chi connectivity index (χ1n) is 5.52. The third-order valence-corrected chi connectivity index (χ3v) is 3.73. The van der Waals surface area contributed by atoms with E-state index in [9.17, 15) is 0 Å². The number of rotatable bonds is 1. The predicted molar refractivity (Wildman–Crippen MR) is 74.0 cm³/mol. The van der Waals surface area contributed by atoms with E-state index in [0.29, 0.717) is 6.54 Å². The highest BCUT2D eigenvalue weighted by Gasteiger charge is 2.17. The van der Waals surface area contributed by atoms with Crippen molar-refractivity contribution in [1.29, 1.82) is 0 Å². The molecule has 2 heterocycles. The fourth-order valence-corrected chi connectivity index (χ4v) is 2.93. The standard InChI is InChI=1S/C13H13N3S/c1-8-6-9-12(7-14)15-10-4-2-3-5-11(10)16-13(9)17-8/h2-6,16H,7,14H2,1H3. The molecule has 86 valence electrons. The Balaban J connectivity index is 2.23. The minimum atomic E-state index is 0.458. The molecule has 1 aromatic carbocycles. The number of aliphatic imine (C=N–C) groups is 1. The molecule has 1 aliphatic rings. The van der Waals surface area contributed by atoms with E-state index >= 15 is 0 Å². The lowest BCUT2D eigenvalue weighted by molar-refractivity contribution is 1.29. The Hall–Kier alpha value is -1.65. The van der Waals surface area contributed by atoms with Crippen LogP contribution in [0.4, 0.5) is 16.4 Å². The second kappa shape index (κ2) is 3.98. The van der Waals surface area contributed by atoms with Gasteiger partial charge in [0.05, 0.1) is 17.1 Å². The molecule has 3 N–H and O–H groups in total. The molecule has 1 aliphatic heterocycles. The fraction of sp³-hybridized carbons (Fsp3) is 0.154. The van der Waals surface area contributed by atoms with Gasteiger partial charge in [0.1, 0.15) is 5.00 Å². The van der Waals surface area contributed by atoms with Crippen molar-refractivity contribution in [2.45, 2.75) is 6.92 Å². The number of nitrogens with one attached hydrogen (secondary N) is 1. The van der Waals surface area contributed by atoms with Gasteiger partial charge in [-0.1, -0.05) is 12.1 Å². The van der Waals surface area contributed by atoms with Crippen LogP contribution in [0.1, 0.15) is 10.4 Å². The van der Waals surface area contributed by atoms with Gasteiger partial charge in [-0.15, -0.1) is 11.3 Å². The number of thiophene rings is 1. The van der Waals surface area contributed by atoms with E-state index in [-0.39, 0.29) is 0 Å². The summed E-state index contributed by atoms with van der Waals surface area (Å²) in [4.78, 5) is 5.91. The Morgan fingerprint density at radius 3 is 3.00 bits per heavy atom. The minimum Gasteiger partial charge on any atom is -0.345 e. The summed E-state index contributed by atoms with van der Waals surface area (Å²) in [6.45, 7) is 2.56. The van der Waals surface area contributed by atoms with Crippen LogP contribution < -0.4 is 11.1 Å². The van der Waals surface area contributed by atoms with Gasteiger partial charge < -0.3 is 11.1 Å². The summed E-state index contributed by atoms with van der Waals surface area (Å²) in [5, 5.41) is 4.57. The van der Waals surface area contributed by atoms with Gasteiger partial charge in [-0.2, -0.15) is 0 Å². The molecule has 17 heavy (non-hydrogen) atoms. The topological polar surface area (TPSA) is 50.4 Å². The molecule has 0 fully saturated rings. The third kappa shape index (κ3) is 1.75. The van der Waals surface area contributed by atoms with Gasteiger partial charge in [0, 0.05) is 17.0 Å². The van der Waals surface area contributed by atoms with Crippen molar-refractivity contribution in [3.05, 3.63) is 40.8 Å². The lowest BCUT2D eigenvalue weighted by Gasteiger charge is -2.04. The third-order valence-electron chi connectivity index (χ3n) is 2.77. The number of fused-ring (bicyclic) bond motifs is 2. The average Bonchev–Trinajstić information content (AvgIpc) is 2.62. The average molecular weight is 243 g/mol. The van der Waals surface area contributed by atoms with E-state index in [0.717, 1.165) is 27.7 Å². The largest absolute Gasteiger partial charge is 0.345 e. The highest BCUT2D eigenvalue weighted by molar-refractivity contribution is 7.16. The molecule has 3 nitrogen and oxygen atoms in total. The summed E-state index contributed by atoms with van der Waals surface area (Å²) < 4.78 is 0. The molecule has 0 saturated heterocycles. The van der Waals surface area contributed by atoms with Crippen LogP contribution in [0.5, 0.6) is 0 Å². The second-order valence-corrected chi connectivity index (χ2v) is 5.26. The van der Waals surface area contributed by atoms with E-state index in [2.05, 4.69) is 23.3 Å². The van der Waals surface area contributed by atoms with Crippen LogP contribution >= 0.6 is 11.3 Å². The molecule has 0 unspecified atom stereocenters. The lowest BCUT2D eigenvalue weighted by Crippen LogP contribution is -2.14. The molecule has 3 rings (SSSR count). The predicted octanol–water partition coefficient (Wildman–Crippen LogP) is 3.19.